The fraction of sp³-hybridized carbons (Fsp3) is 0.273. The molecule has 1 aliphatic rings. The molecule has 1 heterocycles. The minimum Gasteiger partial charge on any atom is -0.452 e. The first-order chi connectivity index (χ1) is 14.4. The van der Waals surface area contributed by atoms with Gasteiger partial charge in [0.15, 0.2) is 6.61 Å². The van der Waals surface area contributed by atoms with E-state index in [1.807, 2.05) is 6.07 Å². The van der Waals surface area contributed by atoms with Gasteiger partial charge in [-0.2, -0.15) is 0 Å². The summed E-state index contributed by atoms with van der Waals surface area (Å²) in [6, 6.07) is 9.78. The summed E-state index contributed by atoms with van der Waals surface area (Å²) in [5.41, 5.74) is 4.38. The van der Waals surface area contributed by atoms with Gasteiger partial charge in [-0.1, -0.05) is 6.07 Å². The molecule has 8 nitrogen and oxygen atoms in total. The van der Waals surface area contributed by atoms with Crippen molar-refractivity contribution in [3.8, 4) is 0 Å². The van der Waals surface area contributed by atoms with Gasteiger partial charge in [0.05, 0.1) is 10.5 Å². The quantitative estimate of drug-likeness (QED) is 0.376. The van der Waals surface area contributed by atoms with Crippen LogP contribution in [0.15, 0.2) is 36.4 Å². The lowest BCUT2D eigenvalue weighted by molar-refractivity contribution is -0.384. The van der Waals surface area contributed by atoms with Crippen molar-refractivity contribution in [1.29, 1.82) is 0 Å². The van der Waals surface area contributed by atoms with E-state index in [2.05, 4.69) is 10.3 Å². The van der Waals surface area contributed by atoms with Crippen LogP contribution in [-0.4, -0.2) is 28.4 Å². The van der Waals surface area contributed by atoms with Crippen molar-refractivity contribution in [2.45, 2.75) is 32.6 Å². The van der Waals surface area contributed by atoms with Gasteiger partial charge in [0.25, 0.3) is 11.6 Å². The standard InChI is InChI=1S/C22H21N3O5/c1-13-6-8-19(20(10-13)25(28)29)24-21(26)12-30-22(27)14-7-9-18-16(11-14)15-4-2-3-5-17(15)23-18/h6-11,23H,2-5,12H2,1H3,(H,24,26). The SMILES string of the molecule is Cc1ccc(NC(=O)COC(=O)c2ccc3[nH]c4c(c3c2)CCCC4)c([N+](=O)[O-])c1. The van der Waals surface area contributed by atoms with E-state index in [1.54, 1.807) is 25.1 Å². The summed E-state index contributed by atoms with van der Waals surface area (Å²) in [4.78, 5) is 38.6. The number of nitro benzene ring substituents is 1. The number of anilines is 1. The molecular formula is C22H21N3O5. The van der Waals surface area contributed by atoms with Crippen molar-refractivity contribution in [2.75, 3.05) is 11.9 Å². The third-order valence-electron chi connectivity index (χ3n) is 5.29. The van der Waals surface area contributed by atoms with E-state index in [0.717, 1.165) is 36.6 Å². The molecule has 2 aromatic carbocycles. The molecule has 0 radical (unpaired) electrons. The lowest BCUT2D eigenvalue weighted by Gasteiger charge is -2.10. The molecule has 30 heavy (non-hydrogen) atoms. The minimum atomic E-state index is -0.643. The molecule has 0 fully saturated rings. The highest BCUT2D eigenvalue weighted by Crippen LogP contribution is 2.30. The van der Waals surface area contributed by atoms with E-state index >= 15 is 0 Å². The molecule has 8 heteroatoms. The molecule has 4 rings (SSSR count). The Hall–Kier alpha value is -3.68. The zero-order chi connectivity index (χ0) is 21.3. The van der Waals surface area contributed by atoms with E-state index in [9.17, 15) is 19.7 Å². The van der Waals surface area contributed by atoms with Crippen molar-refractivity contribution in [3.05, 3.63) is 68.9 Å². The molecular weight excluding hydrogens is 386 g/mol. The average Bonchev–Trinajstić information content (AvgIpc) is 3.11. The number of fused-ring (bicyclic) bond motifs is 3. The number of nitro groups is 1. The molecule has 0 bridgehead atoms. The number of hydrogen-bond acceptors (Lipinski definition) is 5. The topological polar surface area (TPSA) is 114 Å². The van der Waals surface area contributed by atoms with Gasteiger partial charge in [-0.15, -0.1) is 0 Å². The Morgan fingerprint density at radius 3 is 2.77 bits per heavy atom. The molecule has 0 atom stereocenters. The van der Waals surface area contributed by atoms with Crippen LogP contribution < -0.4 is 5.32 Å². The van der Waals surface area contributed by atoms with Gasteiger partial charge in [-0.25, -0.2) is 4.79 Å². The van der Waals surface area contributed by atoms with Crippen molar-refractivity contribution >= 4 is 34.2 Å². The van der Waals surface area contributed by atoms with E-state index in [1.165, 1.54) is 23.4 Å². The van der Waals surface area contributed by atoms with Gasteiger partial charge in [-0.05, 0) is 68.0 Å². The number of rotatable bonds is 5. The van der Waals surface area contributed by atoms with Crippen LogP contribution in [-0.2, 0) is 22.4 Å². The van der Waals surface area contributed by atoms with Gasteiger partial charge < -0.3 is 15.0 Å². The van der Waals surface area contributed by atoms with Crippen LogP contribution in [0.25, 0.3) is 10.9 Å². The number of ether oxygens (including phenoxy) is 1. The maximum Gasteiger partial charge on any atom is 0.338 e. The number of amides is 1. The van der Waals surface area contributed by atoms with Crippen molar-refractivity contribution in [1.82, 2.24) is 4.98 Å². The third kappa shape index (κ3) is 3.89. The molecule has 2 N–H and O–H groups in total. The molecule has 0 aliphatic heterocycles. The third-order valence-corrected chi connectivity index (χ3v) is 5.29. The maximum atomic E-state index is 12.4. The molecule has 1 aliphatic carbocycles. The smallest absolute Gasteiger partial charge is 0.338 e. The van der Waals surface area contributed by atoms with Gasteiger partial charge >= 0.3 is 5.97 Å². The number of hydrogen-bond donors (Lipinski definition) is 2. The van der Waals surface area contributed by atoms with Crippen LogP contribution in [0.1, 0.15) is 40.0 Å². The second-order valence-corrected chi connectivity index (χ2v) is 7.45. The predicted molar refractivity (Wildman–Crippen MR) is 112 cm³/mol. The zero-order valence-corrected chi connectivity index (χ0v) is 16.5. The number of nitrogens with zero attached hydrogens (tertiary/aromatic N) is 1. The molecule has 0 saturated heterocycles. The Morgan fingerprint density at radius 2 is 1.97 bits per heavy atom. The summed E-state index contributed by atoms with van der Waals surface area (Å²) < 4.78 is 5.12. The maximum absolute atomic E-state index is 12.4. The number of H-pyrrole nitrogens is 1. The highest BCUT2D eigenvalue weighted by atomic mass is 16.6. The van der Waals surface area contributed by atoms with Crippen molar-refractivity contribution < 1.29 is 19.2 Å². The Morgan fingerprint density at radius 1 is 1.17 bits per heavy atom. The summed E-state index contributed by atoms with van der Waals surface area (Å²) in [6.45, 7) is 1.19. The predicted octanol–water partition coefficient (Wildman–Crippen LogP) is 4.06. The molecule has 3 aromatic rings. The molecule has 1 amide bonds. The fourth-order valence-electron chi connectivity index (χ4n) is 3.83. The van der Waals surface area contributed by atoms with Crippen molar-refractivity contribution in [2.24, 2.45) is 0 Å². The molecule has 1 aromatic heterocycles. The summed E-state index contributed by atoms with van der Waals surface area (Å²) in [7, 11) is 0. The van der Waals surface area contributed by atoms with E-state index in [-0.39, 0.29) is 11.4 Å². The average molecular weight is 407 g/mol. The van der Waals surface area contributed by atoms with E-state index in [4.69, 9.17) is 4.74 Å². The van der Waals surface area contributed by atoms with E-state index in [0.29, 0.717) is 11.1 Å². The summed E-state index contributed by atoms with van der Waals surface area (Å²) in [5.74, 6) is -1.26. The fourth-order valence-corrected chi connectivity index (χ4v) is 3.83. The van der Waals surface area contributed by atoms with Gasteiger partial charge in [-0.3, -0.25) is 14.9 Å². The highest BCUT2D eigenvalue weighted by Gasteiger charge is 2.19. The number of carbonyl (C=O) groups is 2. The lowest BCUT2D eigenvalue weighted by atomic mass is 9.95. The van der Waals surface area contributed by atoms with E-state index < -0.39 is 23.4 Å². The summed E-state index contributed by atoms with van der Waals surface area (Å²) in [6.07, 6.45) is 4.27. The first kappa shape index (κ1) is 19.6. The monoisotopic (exact) mass is 407 g/mol. The number of aromatic nitrogens is 1. The van der Waals surface area contributed by atoms with Crippen LogP contribution >= 0.6 is 0 Å². The second kappa shape index (κ2) is 7.98. The van der Waals surface area contributed by atoms with Gasteiger partial charge in [0.1, 0.15) is 5.69 Å². The van der Waals surface area contributed by atoms with Gasteiger partial charge in [0.2, 0.25) is 0 Å². The number of carbonyl (C=O) groups excluding carboxylic acids is 2. The number of benzene rings is 2. The minimum absolute atomic E-state index is 0.0621. The number of aromatic amines is 1. The lowest BCUT2D eigenvalue weighted by Crippen LogP contribution is -2.21. The first-order valence-corrected chi connectivity index (χ1v) is 9.78. The highest BCUT2D eigenvalue weighted by molar-refractivity contribution is 5.99. The molecule has 0 spiro atoms. The van der Waals surface area contributed by atoms with Crippen LogP contribution in [0.2, 0.25) is 0 Å². The Bertz CT molecular complexity index is 1170. The number of aryl methyl sites for hydroxylation is 3. The normalized spacial score (nSPS) is 13.0. The Balaban J connectivity index is 1.43. The zero-order valence-electron chi connectivity index (χ0n) is 16.5. The molecule has 0 saturated carbocycles. The number of nitrogens with one attached hydrogen (secondary N) is 2. The van der Waals surface area contributed by atoms with Crippen LogP contribution in [0, 0.1) is 17.0 Å². The second-order valence-electron chi connectivity index (χ2n) is 7.45. The first-order valence-electron chi connectivity index (χ1n) is 9.78. The number of esters is 1. The molecule has 154 valence electrons. The Labute approximate surface area is 172 Å². The summed E-state index contributed by atoms with van der Waals surface area (Å²) >= 11 is 0. The summed E-state index contributed by atoms with van der Waals surface area (Å²) in [5, 5.41) is 14.6. The van der Waals surface area contributed by atoms with Gasteiger partial charge in [0, 0.05) is 22.7 Å². The van der Waals surface area contributed by atoms with Crippen LogP contribution in [0.3, 0.4) is 0 Å². The Kier molecular flexibility index (Phi) is 5.22. The van der Waals surface area contributed by atoms with Crippen LogP contribution in [0.5, 0.6) is 0 Å². The largest absolute Gasteiger partial charge is 0.452 e. The van der Waals surface area contributed by atoms with Crippen molar-refractivity contribution in [3.63, 3.8) is 0 Å². The van der Waals surface area contributed by atoms with Crippen LogP contribution in [0.4, 0.5) is 11.4 Å². The molecule has 0 unspecified atom stereocenters.